The number of anilines is 1. The highest BCUT2D eigenvalue weighted by molar-refractivity contribution is 7.92. The number of nitrogens with one attached hydrogen (secondary N) is 2. The van der Waals surface area contributed by atoms with Crippen molar-refractivity contribution in [1.29, 1.82) is 0 Å². The second kappa shape index (κ2) is 7.36. The van der Waals surface area contributed by atoms with Gasteiger partial charge in [-0.15, -0.1) is 0 Å². The molecule has 140 valence electrons. The number of rotatable bonds is 7. The molecule has 2 aromatic rings. The largest absolute Gasteiger partial charge is 0.283 e. The van der Waals surface area contributed by atoms with Gasteiger partial charge >= 0.3 is 0 Å². The zero-order valence-corrected chi connectivity index (χ0v) is 16.6. The van der Waals surface area contributed by atoms with E-state index in [1.807, 2.05) is 0 Å². The first-order valence-corrected chi connectivity index (χ1v) is 11.6. The summed E-state index contributed by atoms with van der Waals surface area (Å²) < 4.78 is 53.8. The van der Waals surface area contributed by atoms with E-state index in [4.69, 9.17) is 23.2 Å². The summed E-state index contributed by atoms with van der Waals surface area (Å²) >= 11 is 11.7. The molecular formula is C16H16Cl2N2O4S2. The zero-order valence-electron chi connectivity index (χ0n) is 13.4. The van der Waals surface area contributed by atoms with E-state index in [1.54, 1.807) is 6.07 Å². The smallest absolute Gasteiger partial charge is 0.240 e. The minimum absolute atomic E-state index is 0.00405. The van der Waals surface area contributed by atoms with Crippen molar-refractivity contribution in [3.05, 3.63) is 58.1 Å². The molecule has 0 amide bonds. The van der Waals surface area contributed by atoms with Crippen LogP contribution in [-0.4, -0.2) is 22.9 Å². The van der Waals surface area contributed by atoms with Gasteiger partial charge in [-0.1, -0.05) is 29.3 Å². The van der Waals surface area contributed by atoms with Crippen molar-refractivity contribution in [2.45, 2.75) is 29.5 Å². The average molecular weight is 435 g/mol. The summed E-state index contributed by atoms with van der Waals surface area (Å²) in [5.74, 6) is -0.285. The summed E-state index contributed by atoms with van der Waals surface area (Å²) in [7, 11) is -7.26. The van der Waals surface area contributed by atoms with Crippen LogP contribution in [0.15, 0.2) is 47.4 Å². The van der Waals surface area contributed by atoms with Crippen LogP contribution in [0.1, 0.15) is 18.4 Å². The van der Waals surface area contributed by atoms with Gasteiger partial charge in [-0.3, -0.25) is 4.72 Å². The van der Waals surface area contributed by atoms with Crippen LogP contribution < -0.4 is 9.44 Å². The number of hydrogen-bond donors (Lipinski definition) is 2. The van der Waals surface area contributed by atoms with Crippen LogP contribution in [0.3, 0.4) is 0 Å². The second-order valence-corrected chi connectivity index (χ2v) is 10.3. The van der Waals surface area contributed by atoms with E-state index in [0.29, 0.717) is 10.6 Å². The highest BCUT2D eigenvalue weighted by Crippen LogP contribution is 2.25. The molecule has 0 unspecified atom stereocenters. The van der Waals surface area contributed by atoms with Crippen LogP contribution >= 0.6 is 23.2 Å². The van der Waals surface area contributed by atoms with E-state index in [2.05, 4.69) is 9.44 Å². The molecule has 3 rings (SSSR count). The normalized spacial score (nSPS) is 15.0. The Labute approximate surface area is 162 Å². The Morgan fingerprint density at radius 2 is 1.58 bits per heavy atom. The molecule has 1 aliphatic rings. The quantitative estimate of drug-likeness (QED) is 0.698. The fourth-order valence-electron chi connectivity index (χ4n) is 2.26. The third-order valence-electron chi connectivity index (χ3n) is 3.68. The summed E-state index contributed by atoms with van der Waals surface area (Å²) in [6.07, 6.45) is 1.68. The molecule has 1 saturated carbocycles. The fraction of sp³-hybridized carbons (Fsp3) is 0.250. The number of halogens is 2. The van der Waals surface area contributed by atoms with E-state index >= 15 is 0 Å². The average Bonchev–Trinajstić information content (AvgIpc) is 3.34. The molecule has 2 N–H and O–H groups in total. The van der Waals surface area contributed by atoms with Gasteiger partial charge in [-0.25, -0.2) is 21.6 Å². The molecule has 0 radical (unpaired) electrons. The van der Waals surface area contributed by atoms with E-state index in [-0.39, 0.29) is 27.4 Å². The van der Waals surface area contributed by atoms with Crippen molar-refractivity contribution in [3.8, 4) is 0 Å². The monoisotopic (exact) mass is 434 g/mol. The molecule has 0 aliphatic heterocycles. The van der Waals surface area contributed by atoms with Crippen LogP contribution in [0, 0.1) is 0 Å². The lowest BCUT2D eigenvalue weighted by molar-refractivity contribution is 0.581. The Balaban J connectivity index is 1.70. The van der Waals surface area contributed by atoms with Crippen molar-refractivity contribution in [3.63, 3.8) is 0 Å². The topological polar surface area (TPSA) is 92.3 Å². The summed E-state index contributed by atoms with van der Waals surface area (Å²) in [5, 5.41) is 0.620. The number of benzene rings is 2. The maximum Gasteiger partial charge on any atom is 0.240 e. The molecule has 0 spiro atoms. The van der Waals surface area contributed by atoms with Crippen molar-refractivity contribution in [1.82, 2.24) is 4.72 Å². The van der Waals surface area contributed by atoms with Crippen LogP contribution in [-0.2, 0) is 25.8 Å². The minimum atomic E-state index is -3.69. The van der Waals surface area contributed by atoms with E-state index in [9.17, 15) is 16.8 Å². The van der Waals surface area contributed by atoms with Gasteiger partial charge in [-0.2, -0.15) is 0 Å². The third-order valence-corrected chi connectivity index (χ3v) is 7.21. The summed E-state index contributed by atoms with van der Waals surface area (Å²) in [5.41, 5.74) is 0.759. The standard InChI is InChI=1S/C16H16Cl2N2O4S2/c17-15-8-1-11(9-16(15)18)10-25(21,22)19-12-4-6-14(7-5-12)26(23,24)20-13-2-3-13/h1,4-9,13,19-20H,2-3,10H2. The predicted octanol–water partition coefficient (Wildman–Crippen LogP) is 3.38. The number of sulfonamides is 2. The van der Waals surface area contributed by atoms with E-state index in [0.717, 1.165) is 12.8 Å². The van der Waals surface area contributed by atoms with Crippen LogP contribution in [0.2, 0.25) is 10.0 Å². The van der Waals surface area contributed by atoms with Gasteiger partial charge in [-0.05, 0) is 54.8 Å². The lowest BCUT2D eigenvalue weighted by atomic mass is 10.2. The summed E-state index contributed by atoms with van der Waals surface area (Å²) in [6.45, 7) is 0. The molecule has 0 atom stereocenters. The van der Waals surface area contributed by atoms with Crippen LogP contribution in [0.4, 0.5) is 5.69 Å². The Morgan fingerprint density at radius 3 is 2.15 bits per heavy atom. The molecular weight excluding hydrogens is 419 g/mol. The van der Waals surface area contributed by atoms with Gasteiger partial charge < -0.3 is 0 Å². The SMILES string of the molecule is O=S(=O)(Cc1ccc(Cl)c(Cl)c1)Nc1ccc(S(=O)(=O)NC2CC2)cc1. The van der Waals surface area contributed by atoms with Gasteiger partial charge in [0, 0.05) is 11.7 Å². The van der Waals surface area contributed by atoms with Crippen molar-refractivity contribution in [2.75, 3.05) is 4.72 Å². The maximum atomic E-state index is 12.3. The van der Waals surface area contributed by atoms with Gasteiger partial charge in [0.15, 0.2) is 0 Å². The zero-order chi connectivity index (χ0) is 18.9. The van der Waals surface area contributed by atoms with Crippen molar-refractivity contribution >= 4 is 48.9 Å². The summed E-state index contributed by atoms with van der Waals surface area (Å²) in [6, 6.07) is 10.1. The Kier molecular flexibility index (Phi) is 5.50. The van der Waals surface area contributed by atoms with Crippen molar-refractivity contribution < 1.29 is 16.8 Å². The van der Waals surface area contributed by atoms with Crippen LogP contribution in [0.25, 0.3) is 0 Å². The van der Waals surface area contributed by atoms with Crippen molar-refractivity contribution in [2.24, 2.45) is 0 Å². The first-order valence-electron chi connectivity index (χ1n) is 7.71. The maximum absolute atomic E-state index is 12.3. The fourth-order valence-corrected chi connectivity index (χ4v) is 5.07. The van der Waals surface area contributed by atoms with E-state index < -0.39 is 20.0 Å². The summed E-state index contributed by atoms with van der Waals surface area (Å²) in [4.78, 5) is 0.0943. The first-order chi connectivity index (χ1) is 12.1. The van der Waals surface area contributed by atoms with Gasteiger partial charge in [0.1, 0.15) is 0 Å². The molecule has 26 heavy (non-hydrogen) atoms. The molecule has 0 saturated heterocycles. The molecule has 0 heterocycles. The molecule has 0 bridgehead atoms. The van der Waals surface area contributed by atoms with E-state index in [1.165, 1.54) is 36.4 Å². The van der Waals surface area contributed by atoms with Crippen LogP contribution in [0.5, 0.6) is 0 Å². The first kappa shape index (κ1) is 19.4. The van der Waals surface area contributed by atoms with Gasteiger partial charge in [0.25, 0.3) is 0 Å². The lowest BCUT2D eigenvalue weighted by Gasteiger charge is -2.10. The molecule has 0 aromatic heterocycles. The number of hydrogen-bond acceptors (Lipinski definition) is 4. The Hall–Kier alpha value is -1.32. The predicted molar refractivity (Wildman–Crippen MR) is 102 cm³/mol. The molecule has 1 aliphatic carbocycles. The second-order valence-electron chi connectivity index (χ2n) is 6.03. The molecule has 2 aromatic carbocycles. The molecule has 10 heteroatoms. The van der Waals surface area contributed by atoms with Gasteiger partial charge in [0.2, 0.25) is 20.0 Å². The molecule has 6 nitrogen and oxygen atoms in total. The Morgan fingerprint density at radius 1 is 0.923 bits per heavy atom. The molecule has 1 fully saturated rings. The van der Waals surface area contributed by atoms with Gasteiger partial charge in [0.05, 0.1) is 20.7 Å². The minimum Gasteiger partial charge on any atom is -0.283 e. The third kappa shape index (κ3) is 5.11. The lowest BCUT2D eigenvalue weighted by Crippen LogP contribution is -2.25. The highest BCUT2D eigenvalue weighted by Gasteiger charge is 2.27. The highest BCUT2D eigenvalue weighted by atomic mass is 35.5. The Bertz CT molecular complexity index is 1020.